The lowest BCUT2D eigenvalue weighted by Gasteiger charge is -2.06. The topological polar surface area (TPSA) is 59.7 Å². The number of halogens is 2. The Hall–Kier alpha value is -1.65. The molecule has 0 amide bonds. The summed E-state index contributed by atoms with van der Waals surface area (Å²) in [6, 6.07) is 6.29. The van der Waals surface area contributed by atoms with Gasteiger partial charge in [-0.3, -0.25) is 0 Å². The summed E-state index contributed by atoms with van der Waals surface area (Å²) in [7, 11) is 0. The number of aromatic carboxylic acids is 1. The number of hydrogen-bond donors (Lipinski definition) is 1. The minimum atomic E-state index is -1.03. The van der Waals surface area contributed by atoms with Crippen molar-refractivity contribution in [3.63, 3.8) is 0 Å². The fourth-order valence-corrected chi connectivity index (χ4v) is 2.03. The minimum Gasteiger partial charge on any atom is -0.484 e. The van der Waals surface area contributed by atoms with Crippen molar-refractivity contribution >= 4 is 29.2 Å². The molecule has 0 saturated carbocycles. The second-order valence-corrected chi connectivity index (χ2v) is 4.69. The van der Waals surface area contributed by atoms with Crippen LogP contribution in [0.1, 0.15) is 21.9 Å². The van der Waals surface area contributed by atoms with Gasteiger partial charge in [-0.2, -0.15) is 0 Å². The summed E-state index contributed by atoms with van der Waals surface area (Å²) >= 11 is 11.7. The van der Waals surface area contributed by atoms with Gasteiger partial charge in [0.2, 0.25) is 0 Å². The molecule has 0 aliphatic carbocycles. The predicted molar refractivity (Wildman–Crippen MR) is 71.2 cm³/mol. The first-order valence-corrected chi connectivity index (χ1v) is 6.13. The Labute approximate surface area is 119 Å². The second-order valence-electron chi connectivity index (χ2n) is 3.85. The highest BCUT2D eigenvalue weighted by atomic mass is 35.5. The van der Waals surface area contributed by atoms with E-state index >= 15 is 0 Å². The third kappa shape index (κ3) is 3.22. The van der Waals surface area contributed by atoms with Crippen LogP contribution in [0.15, 0.2) is 28.7 Å². The van der Waals surface area contributed by atoms with Gasteiger partial charge >= 0.3 is 5.97 Å². The van der Waals surface area contributed by atoms with Crippen molar-refractivity contribution in [2.75, 3.05) is 0 Å². The summed E-state index contributed by atoms with van der Waals surface area (Å²) in [4.78, 5) is 10.9. The van der Waals surface area contributed by atoms with Gasteiger partial charge in [0.15, 0.2) is 0 Å². The molecule has 1 heterocycles. The zero-order chi connectivity index (χ0) is 14.0. The fourth-order valence-electron chi connectivity index (χ4n) is 1.57. The lowest BCUT2D eigenvalue weighted by atomic mass is 10.2. The molecule has 1 aromatic heterocycles. The molecule has 4 nitrogen and oxygen atoms in total. The molecule has 0 atom stereocenters. The van der Waals surface area contributed by atoms with Gasteiger partial charge in [-0.25, -0.2) is 4.79 Å². The van der Waals surface area contributed by atoms with E-state index in [1.165, 1.54) is 6.07 Å². The van der Waals surface area contributed by atoms with Crippen LogP contribution in [0.25, 0.3) is 0 Å². The highest BCUT2D eigenvalue weighted by Crippen LogP contribution is 2.28. The molecule has 0 bridgehead atoms. The molecule has 0 aliphatic heterocycles. The number of carboxylic acid groups (broad SMARTS) is 1. The summed E-state index contributed by atoms with van der Waals surface area (Å²) < 4.78 is 10.7. The Morgan fingerprint density at radius 1 is 1.37 bits per heavy atom. The number of furan rings is 1. The van der Waals surface area contributed by atoms with Crippen LogP contribution in [0, 0.1) is 6.92 Å². The molecule has 1 aromatic carbocycles. The van der Waals surface area contributed by atoms with Crippen molar-refractivity contribution in [1.29, 1.82) is 0 Å². The maximum atomic E-state index is 10.9. The lowest BCUT2D eigenvalue weighted by Crippen LogP contribution is -1.96. The molecule has 2 rings (SSSR count). The highest BCUT2D eigenvalue weighted by Gasteiger charge is 2.14. The van der Waals surface area contributed by atoms with Gasteiger partial charge in [-0.05, 0) is 31.2 Å². The number of hydrogen-bond acceptors (Lipinski definition) is 3. The summed E-state index contributed by atoms with van der Waals surface area (Å²) in [5.74, 6) is 0.184. The van der Waals surface area contributed by atoms with Crippen LogP contribution in [0.5, 0.6) is 5.75 Å². The fraction of sp³-hybridized carbons (Fsp3) is 0.154. The lowest BCUT2D eigenvalue weighted by molar-refractivity contribution is 0.0695. The van der Waals surface area contributed by atoms with E-state index in [0.29, 0.717) is 27.3 Å². The third-order valence-electron chi connectivity index (χ3n) is 2.46. The Kier molecular flexibility index (Phi) is 4.02. The maximum Gasteiger partial charge on any atom is 0.339 e. The summed E-state index contributed by atoms with van der Waals surface area (Å²) in [6.07, 6.45) is 0. The molecular formula is C13H10Cl2O4. The van der Waals surface area contributed by atoms with E-state index in [1.807, 2.05) is 0 Å². The van der Waals surface area contributed by atoms with Crippen molar-refractivity contribution in [3.05, 3.63) is 51.4 Å². The summed E-state index contributed by atoms with van der Waals surface area (Å²) in [6.45, 7) is 1.68. The van der Waals surface area contributed by atoms with Gasteiger partial charge in [0.1, 0.15) is 29.4 Å². The van der Waals surface area contributed by atoms with Crippen LogP contribution in [-0.4, -0.2) is 11.1 Å². The molecule has 1 N–H and O–H groups in total. The Morgan fingerprint density at radius 3 is 2.68 bits per heavy atom. The van der Waals surface area contributed by atoms with E-state index in [-0.39, 0.29) is 12.2 Å². The van der Waals surface area contributed by atoms with Gasteiger partial charge in [0.25, 0.3) is 0 Å². The van der Waals surface area contributed by atoms with Crippen molar-refractivity contribution in [3.8, 4) is 5.75 Å². The van der Waals surface area contributed by atoms with E-state index in [1.54, 1.807) is 25.1 Å². The number of rotatable bonds is 4. The third-order valence-corrected chi connectivity index (χ3v) is 2.99. The maximum absolute atomic E-state index is 10.9. The molecule has 0 unspecified atom stereocenters. The molecule has 19 heavy (non-hydrogen) atoms. The first-order chi connectivity index (χ1) is 8.97. The van der Waals surface area contributed by atoms with Crippen LogP contribution in [0.4, 0.5) is 0 Å². The second kappa shape index (κ2) is 5.55. The van der Waals surface area contributed by atoms with Gasteiger partial charge in [0, 0.05) is 5.02 Å². The largest absolute Gasteiger partial charge is 0.484 e. The first-order valence-electron chi connectivity index (χ1n) is 5.38. The highest BCUT2D eigenvalue weighted by molar-refractivity contribution is 6.35. The molecular weight excluding hydrogens is 291 g/mol. The van der Waals surface area contributed by atoms with Crippen LogP contribution < -0.4 is 4.74 Å². The zero-order valence-corrected chi connectivity index (χ0v) is 11.5. The number of carbonyl (C=O) groups is 1. The number of ether oxygens (including phenoxy) is 1. The number of carboxylic acids is 1. The average Bonchev–Trinajstić information content (AvgIpc) is 2.69. The Balaban J connectivity index is 2.10. The van der Waals surface area contributed by atoms with Crippen molar-refractivity contribution in [1.82, 2.24) is 0 Å². The molecule has 0 saturated heterocycles. The summed E-state index contributed by atoms with van der Waals surface area (Å²) in [5, 5.41) is 9.80. The molecule has 2 aromatic rings. The van der Waals surface area contributed by atoms with E-state index in [9.17, 15) is 4.79 Å². The van der Waals surface area contributed by atoms with Crippen LogP contribution >= 0.6 is 23.2 Å². The van der Waals surface area contributed by atoms with E-state index < -0.39 is 5.97 Å². The minimum absolute atomic E-state index is 0.0927. The molecule has 100 valence electrons. The van der Waals surface area contributed by atoms with E-state index in [4.69, 9.17) is 37.5 Å². The monoisotopic (exact) mass is 300 g/mol. The number of benzene rings is 1. The first kappa shape index (κ1) is 13.8. The zero-order valence-electron chi connectivity index (χ0n) is 9.94. The number of aryl methyl sites for hydroxylation is 1. The predicted octanol–water partition coefficient (Wildman–Crippen LogP) is 4.17. The quantitative estimate of drug-likeness (QED) is 0.920. The Morgan fingerprint density at radius 2 is 2.11 bits per heavy atom. The molecule has 6 heteroatoms. The van der Waals surface area contributed by atoms with E-state index in [0.717, 1.165) is 0 Å². The summed E-state index contributed by atoms with van der Waals surface area (Å²) in [5.41, 5.74) is 0.126. The normalized spacial score (nSPS) is 10.5. The van der Waals surface area contributed by atoms with Crippen molar-refractivity contribution in [2.24, 2.45) is 0 Å². The van der Waals surface area contributed by atoms with Crippen molar-refractivity contribution < 1.29 is 19.1 Å². The van der Waals surface area contributed by atoms with Gasteiger partial charge < -0.3 is 14.3 Å². The van der Waals surface area contributed by atoms with E-state index in [2.05, 4.69) is 0 Å². The molecule has 0 radical (unpaired) electrons. The molecule has 0 aliphatic rings. The van der Waals surface area contributed by atoms with Crippen LogP contribution in [0.2, 0.25) is 10.0 Å². The van der Waals surface area contributed by atoms with Gasteiger partial charge in [-0.1, -0.05) is 23.2 Å². The Bertz CT molecular complexity index is 619. The van der Waals surface area contributed by atoms with Gasteiger partial charge in [-0.15, -0.1) is 0 Å². The van der Waals surface area contributed by atoms with Gasteiger partial charge in [0.05, 0.1) is 5.02 Å². The SMILES string of the molecule is Cc1oc(COc2ccc(Cl)cc2Cl)cc1C(=O)O. The van der Waals surface area contributed by atoms with Crippen LogP contribution in [0.3, 0.4) is 0 Å². The standard InChI is InChI=1S/C13H10Cl2O4/c1-7-10(13(16)17)5-9(19-7)6-18-12-3-2-8(14)4-11(12)15/h2-5H,6H2,1H3,(H,16,17). The molecule has 0 spiro atoms. The van der Waals surface area contributed by atoms with Crippen molar-refractivity contribution in [2.45, 2.75) is 13.5 Å². The smallest absolute Gasteiger partial charge is 0.339 e. The average molecular weight is 301 g/mol. The molecule has 0 fully saturated rings. The van der Waals surface area contributed by atoms with Crippen LogP contribution in [-0.2, 0) is 6.61 Å².